The number of nitrogens with zero attached hydrogens (tertiary/aromatic N) is 2. The fourth-order valence-electron chi connectivity index (χ4n) is 3.54. The van der Waals surface area contributed by atoms with Gasteiger partial charge in [-0.05, 0) is 42.8 Å². The molecule has 2 heterocycles. The fraction of sp³-hybridized carbons (Fsp3) is 0.364. The number of carbonyl (C=O) groups excluding carboxylic acids is 1. The molecule has 1 amide bonds. The number of ether oxygens (including phenoxy) is 1. The number of carbonyl (C=O) groups is 1. The number of fused-ring (bicyclic) bond motifs is 1. The van der Waals surface area contributed by atoms with Crippen LogP contribution in [0, 0.1) is 5.92 Å². The quantitative estimate of drug-likeness (QED) is 0.690. The molecule has 2 aliphatic heterocycles. The van der Waals surface area contributed by atoms with Gasteiger partial charge in [-0.15, -0.1) is 0 Å². The average Bonchev–Trinajstić information content (AvgIpc) is 3.19. The summed E-state index contributed by atoms with van der Waals surface area (Å²) in [5.41, 5.74) is 0.809. The van der Waals surface area contributed by atoms with Crippen molar-refractivity contribution in [3.8, 4) is 11.5 Å². The molecular formula is C22H24N2O4S2. The van der Waals surface area contributed by atoms with E-state index in [0.29, 0.717) is 17.3 Å². The number of thioether (sulfide) groups is 1. The minimum absolute atomic E-state index is 0.0729. The Bertz CT molecular complexity index is 1050. The first-order valence-electron chi connectivity index (χ1n) is 9.98. The van der Waals surface area contributed by atoms with E-state index in [0.717, 1.165) is 11.4 Å². The van der Waals surface area contributed by atoms with Gasteiger partial charge in [0, 0.05) is 16.9 Å². The highest BCUT2D eigenvalue weighted by Crippen LogP contribution is 2.41. The van der Waals surface area contributed by atoms with E-state index < -0.39 is 9.84 Å². The maximum absolute atomic E-state index is 12.4. The summed E-state index contributed by atoms with van der Waals surface area (Å²) in [7, 11) is -3.10. The molecule has 0 spiro atoms. The number of amidine groups is 1. The summed E-state index contributed by atoms with van der Waals surface area (Å²) in [5.74, 6) is 1.28. The lowest BCUT2D eigenvalue weighted by atomic mass is 10.1. The SMILES string of the molecule is CC[C@H](C)C(=O)N=C1S[C@H]2CS(=O)(=O)C[C@H]2N1c1ccc(Oc2ccccc2)cc1. The maximum Gasteiger partial charge on any atom is 0.250 e. The van der Waals surface area contributed by atoms with Crippen LogP contribution in [0.3, 0.4) is 0 Å². The van der Waals surface area contributed by atoms with Crippen LogP contribution in [0.4, 0.5) is 5.69 Å². The van der Waals surface area contributed by atoms with Crippen LogP contribution in [0.25, 0.3) is 0 Å². The predicted octanol–water partition coefficient (Wildman–Crippen LogP) is 4.13. The normalized spacial score (nSPS) is 24.6. The number of amides is 1. The van der Waals surface area contributed by atoms with E-state index >= 15 is 0 Å². The van der Waals surface area contributed by atoms with Crippen LogP contribution >= 0.6 is 11.8 Å². The topological polar surface area (TPSA) is 76.0 Å². The van der Waals surface area contributed by atoms with Gasteiger partial charge >= 0.3 is 0 Å². The van der Waals surface area contributed by atoms with Gasteiger partial charge < -0.3 is 9.64 Å². The molecule has 0 unspecified atom stereocenters. The molecule has 0 radical (unpaired) electrons. The first kappa shape index (κ1) is 20.9. The number of sulfone groups is 1. The zero-order valence-electron chi connectivity index (χ0n) is 16.9. The predicted molar refractivity (Wildman–Crippen MR) is 121 cm³/mol. The van der Waals surface area contributed by atoms with Crippen molar-refractivity contribution in [1.29, 1.82) is 0 Å². The van der Waals surface area contributed by atoms with Crippen LogP contribution in [0.15, 0.2) is 59.6 Å². The molecule has 2 fully saturated rings. The van der Waals surface area contributed by atoms with Crippen molar-refractivity contribution >= 4 is 38.4 Å². The van der Waals surface area contributed by atoms with Crippen molar-refractivity contribution in [1.82, 2.24) is 0 Å². The van der Waals surface area contributed by atoms with Gasteiger partial charge in [0.15, 0.2) is 15.0 Å². The van der Waals surface area contributed by atoms with Crippen molar-refractivity contribution in [3.63, 3.8) is 0 Å². The minimum Gasteiger partial charge on any atom is -0.457 e. The van der Waals surface area contributed by atoms with Gasteiger partial charge in [0.25, 0.3) is 5.91 Å². The Hall–Kier alpha value is -2.32. The summed E-state index contributed by atoms with van der Waals surface area (Å²) in [6.45, 7) is 3.81. The summed E-state index contributed by atoms with van der Waals surface area (Å²) in [6, 6.07) is 16.7. The lowest BCUT2D eigenvalue weighted by Crippen LogP contribution is -2.37. The lowest BCUT2D eigenvalue weighted by Gasteiger charge is -2.25. The molecule has 0 aliphatic carbocycles. The molecule has 0 aromatic heterocycles. The Morgan fingerprint density at radius 3 is 2.47 bits per heavy atom. The molecule has 4 rings (SSSR count). The number of benzene rings is 2. The summed E-state index contributed by atoms with van der Waals surface area (Å²) in [4.78, 5) is 18.7. The average molecular weight is 445 g/mol. The molecule has 30 heavy (non-hydrogen) atoms. The molecule has 2 aromatic carbocycles. The van der Waals surface area contributed by atoms with Crippen LogP contribution in [0.2, 0.25) is 0 Å². The molecular weight excluding hydrogens is 420 g/mol. The molecule has 2 aliphatic rings. The minimum atomic E-state index is -3.10. The summed E-state index contributed by atoms with van der Waals surface area (Å²) in [6.07, 6.45) is 0.715. The van der Waals surface area contributed by atoms with Crippen LogP contribution in [0.5, 0.6) is 11.5 Å². The Kier molecular flexibility index (Phi) is 5.88. The highest BCUT2D eigenvalue weighted by atomic mass is 32.2. The fourth-order valence-corrected chi connectivity index (χ4v) is 7.46. The third kappa shape index (κ3) is 4.39. The van der Waals surface area contributed by atoms with Crippen LogP contribution in [-0.4, -0.2) is 42.3 Å². The second-order valence-corrected chi connectivity index (χ2v) is 11.0. The highest BCUT2D eigenvalue weighted by Gasteiger charge is 2.49. The largest absolute Gasteiger partial charge is 0.457 e. The second-order valence-electron chi connectivity index (χ2n) is 7.62. The lowest BCUT2D eigenvalue weighted by molar-refractivity contribution is -0.121. The summed E-state index contributed by atoms with van der Waals surface area (Å²) < 4.78 is 30.2. The molecule has 8 heteroatoms. The van der Waals surface area contributed by atoms with Crippen molar-refractivity contribution in [2.75, 3.05) is 16.4 Å². The monoisotopic (exact) mass is 444 g/mol. The number of hydrogen-bond acceptors (Lipinski definition) is 5. The highest BCUT2D eigenvalue weighted by molar-refractivity contribution is 8.16. The number of rotatable bonds is 5. The Morgan fingerprint density at radius 1 is 1.13 bits per heavy atom. The summed E-state index contributed by atoms with van der Waals surface area (Å²) in [5, 5.41) is 0.473. The van der Waals surface area contributed by atoms with E-state index in [1.807, 2.05) is 73.3 Å². The maximum atomic E-state index is 12.4. The first-order valence-corrected chi connectivity index (χ1v) is 12.7. The van der Waals surface area contributed by atoms with Crippen molar-refractivity contribution in [3.05, 3.63) is 54.6 Å². The van der Waals surface area contributed by atoms with E-state index in [4.69, 9.17) is 4.74 Å². The van der Waals surface area contributed by atoms with Crippen LogP contribution in [0.1, 0.15) is 20.3 Å². The molecule has 158 valence electrons. The zero-order chi connectivity index (χ0) is 21.3. The van der Waals surface area contributed by atoms with Gasteiger partial charge in [-0.25, -0.2) is 8.42 Å². The smallest absolute Gasteiger partial charge is 0.250 e. The third-order valence-corrected chi connectivity index (χ3v) is 8.61. The van der Waals surface area contributed by atoms with Crippen LogP contribution < -0.4 is 9.64 Å². The zero-order valence-corrected chi connectivity index (χ0v) is 18.5. The third-order valence-electron chi connectivity index (χ3n) is 5.40. The molecule has 2 aromatic rings. The standard InChI is InChI=1S/C22H24N2O4S2/c1-3-15(2)21(25)23-22-24(19-13-30(26,27)14-20(19)29-22)16-9-11-18(12-10-16)28-17-7-5-4-6-8-17/h4-12,15,19-20H,3,13-14H2,1-2H3/t15-,19+,20-/m0/s1. The molecule has 0 bridgehead atoms. The molecule has 3 atom stereocenters. The Labute approximate surface area is 181 Å². The van der Waals surface area contributed by atoms with Gasteiger partial charge in [0.05, 0.1) is 17.5 Å². The van der Waals surface area contributed by atoms with Crippen molar-refractivity contribution in [2.45, 2.75) is 31.6 Å². The molecule has 0 saturated carbocycles. The number of anilines is 1. The molecule has 6 nitrogen and oxygen atoms in total. The van der Waals surface area contributed by atoms with Gasteiger partial charge in [-0.3, -0.25) is 4.79 Å². The Morgan fingerprint density at radius 2 is 1.80 bits per heavy atom. The summed E-state index contributed by atoms with van der Waals surface area (Å²) >= 11 is 1.39. The van der Waals surface area contributed by atoms with Gasteiger partial charge in [-0.2, -0.15) is 4.99 Å². The number of hydrogen-bond donors (Lipinski definition) is 0. The molecule has 2 saturated heterocycles. The van der Waals surface area contributed by atoms with E-state index in [-0.39, 0.29) is 34.6 Å². The Balaban J connectivity index is 1.62. The second kappa shape index (κ2) is 8.43. The van der Waals surface area contributed by atoms with E-state index in [9.17, 15) is 13.2 Å². The van der Waals surface area contributed by atoms with Crippen LogP contribution in [-0.2, 0) is 14.6 Å². The van der Waals surface area contributed by atoms with E-state index in [1.54, 1.807) is 0 Å². The number of para-hydroxylation sites is 1. The van der Waals surface area contributed by atoms with Gasteiger partial charge in [0.2, 0.25) is 0 Å². The van der Waals surface area contributed by atoms with Crippen molar-refractivity contribution < 1.29 is 17.9 Å². The van der Waals surface area contributed by atoms with E-state index in [1.165, 1.54) is 11.8 Å². The number of aliphatic imine (C=N–C) groups is 1. The van der Waals surface area contributed by atoms with Gasteiger partial charge in [-0.1, -0.05) is 43.8 Å². The van der Waals surface area contributed by atoms with Gasteiger partial charge in [0.1, 0.15) is 11.5 Å². The van der Waals surface area contributed by atoms with Crippen molar-refractivity contribution in [2.24, 2.45) is 10.9 Å². The van der Waals surface area contributed by atoms with E-state index in [2.05, 4.69) is 4.99 Å². The first-order chi connectivity index (χ1) is 14.4. The molecule has 0 N–H and O–H groups in total.